The van der Waals surface area contributed by atoms with Crippen molar-refractivity contribution in [1.29, 1.82) is 0 Å². The number of para-hydroxylation sites is 1. The van der Waals surface area contributed by atoms with E-state index in [4.69, 9.17) is 0 Å². The first-order valence-electron chi connectivity index (χ1n) is 7.29. The monoisotopic (exact) mass is 314 g/mol. The van der Waals surface area contributed by atoms with Gasteiger partial charge in [-0.15, -0.1) is 5.10 Å². The highest BCUT2D eigenvalue weighted by molar-refractivity contribution is 5.91. The normalized spacial score (nSPS) is 14.3. The van der Waals surface area contributed by atoms with Gasteiger partial charge in [0.25, 0.3) is 5.91 Å². The summed E-state index contributed by atoms with van der Waals surface area (Å²) in [5.74, 6) is -0.186. The SMILES string of the molecule is CN(C)C(=O)c1cn(C2CN(C(=O)Nc3ccccc3)C2)nn1. The molecular weight excluding hydrogens is 296 g/mol. The maximum Gasteiger partial charge on any atom is 0.321 e. The summed E-state index contributed by atoms with van der Waals surface area (Å²) >= 11 is 0. The van der Waals surface area contributed by atoms with Gasteiger partial charge in [0, 0.05) is 32.9 Å². The van der Waals surface area contributed by atoms with E-state index in [1.807, 2.05) is 30.3 Å². The van der Waals surface area contributed by atoms with Gasteiger partial charge in [0.05, 0.1) is 12.2 Å². The number of benzene rings is 1. The number of carbonyl (C=O) groups is 2. The van der Waals surface area contributed by atoms with E-state index in [0.717, 1.165) is 5.69 Å². The number of nitrogens with zero attached hydrogens (tertiary/aromatic N) is 5. The predicted molar refractivity (Wildman–Crippen MR) is 84.1 cm³/mol. The molecule has 8 nitrogen and oxygen atoms in total. The molecule has 1 aliphatic heterocycles. The van der Waals surface area contributed by atoms with Crippen molar-refractivity contribution in [1.82, 2.24) is 24.8 Å². The molecule has 1 fully saturated rings. The van der Waals surface area contributed by atoms with Crippen molar-refractivity contribution in [3.8, 4) is 0 Å². The van der Waals surface area contributed by atoms with E-state index in [1.54, 1.807) is 29.9 Å². The van der Waals surface area contributed by atoms with Gasteiger partial charge in [0.1, 0.15) is 0 Å². The molecule has 1 aliphatic rings. The molecule has 23 heavy (non-hydrogen) atoms. The van der Waals surface area contributed by atoms with Gasteiger partial charge in [-0.25, -0.2) is 9.48 Å². The number of nitrogens with one attached hydrogen (secondary N) is 1. The lowest BCUT2D eigenvalue weighted by Gasteiger charge is -2.38. The van der Waals surface area contributed by atoms with Crippen LogP contribution in [0.4, 0.5) is 10.5 Å². The van der Waals surface area contributed by atoms with Crippen LogP contribution in [0.5, 0.6) is 0 Å². The molecule has 1 aromatic heterocycles. The third-order valence-electron chi connectivity index (χ3n) is 3.68. The fraction of sp³-hybridized carbons (Fsp3) is 0.333. The topological polar surface area (TPSA) is 83.4 Å². The first-order valence-corrected chi connectivity index (χ1v) is 7.29. The number of likely N-dealkylation sites (tertiary alicyclic amines) is 1. The molecular formula is C15H18N6O2. The van der Waals surface area contributed by atoms with Crippen LogP contribution in [-0.4, -0.2) is 63.9 Å². The second-order valence-corrected chi connectivity index (χ2v) is 5.64. The molecule has 2 heterocycles. The Morgan fingerprint density at radius 1 is 1.22 bits per heavy atom. The summed E-state index contributed by atoms with van der Waals surface area (Å²) in [5.41, 5.74) is 1.07. The summed E-state index contributed by atoms with van der Waals surface area (Å²) < 4.78 is 1.64. The molecule has 0 unspecified atom stereocenters. The Hall–Kier alpha value is -2.90. The third-order valence-corrected chi connectivity index (χ3v) is 3.68. The Morgan fingerprint density at radius 2 is 1.91 bits per heavy atom. The lowest BCUT2D eigenvalue weighted by molar-refractivity contribution is 0.0821. The maximum atomic E-state index is 12.1. The summed E-state index contributed by atoms with van der Waals surface area (Å²) in [4.78, 5) is 27.0. The van der Waals surface area contributed by atoms with Gasteiger partial charge in [-0.1, -0.05) is 23.4 Å². The van der Waals surface area contributed by atoms with Crippen LogP contribution in [0.25, 0.3) is 0 Å². The lowest BCUT2D eigenvalue weighted by atomic mass is 10.1. The highest BCUT2D eigenvalue weighted by atomic mass is 16.2. The van der Waals surface area contributed by atoms with E-state index in [-0.39, 0.29) is 18.0 Å². The van der Waals surface area contributed by atoms with Crippen LogP contribution in [-0.2, 0) is 0 Å². The molecule has 120 valence electrons. The van der Waals surface area contributed by atoms with Gasteiger partial charge in [0.2, 0.25) is 0 Å². The molecule has 1 aromatic carbocycles. The standard InChI is InChI=1S/C15H18N6O2/c1-19(2)14(22)13-10-21(18-17-13)12-8-20(9-12)15(23)16-11-6-4-3-5-7-11/h3-7,10,12H,8-9H2,1-2H3,(H,16,23). The zero-order chi connectivity index (χ0) is 16.4. The molecule has 0 spiro atoms. The average Bonchev–Trinajstić information content (AvgIpc) is 2.95. The molecule has 2 aromatic rings. The van der Waals surface area contributed by atoms with Crippen molar-refractivity contribution in [2.24, 2.45) is 0 Å². The van der Waals surface area contributed by atoms with E-state index >= 15 is 0 Å². The van der Waals surface area contributed by atoms with E-state index in [9.17, 15) is 9.59 Å². The second kappa shape index (κ2) is 6.07. The van der Waals surface area contributed by atoms with Crippen molar-refractivity contribution >= 4 is 17.6 Å². The largest absolute Gasteiger partial charge is 0.343 e. The van der Waals surface area contributed by atoms with Gasteiger partial charge in [-0.05, 0) is 12.1 Å². The highest BCUT2D eigenvalue weighted by Crippen LogP contribution is 2.21. The van der Waals surface area contributed by atoms with Crippen LogP contribution in [0.15, 0.2) is 36.5 Å². The molecule has 0 radical (unpaired) electrons. The maximum absolute atomic E-state index is 12.1. The molecule has 3 rings (SSSR count). The van der Waals surface area contributed by atoms with E-state index in [2.05, 4.69) is 15.6 Å². The Balaban J connectivity index is 1.55. The fourth-order valence-electron chi connectivity index (χ4n) is 2.29. The molecule has 0 bridgehead atoms. The Kier molecular flexibility index (Phi) is 3.96. The molecule has 0 atom stereocenters. The van der Waals surface area contributed by atoms with Gasteiger partial charge in [0.15, 0.2) is 5.69 Å². The molecule has 8 heteroatoms. The smallest absolute Gasteiger partial charge is 0.321 e. The zero-order valence-corrected chi connectivity index (χ0v) is 13.0. The van der Waals surface area contributed by atoms with Gasteiger partial charge < -0.3 is 15.1 Å². The number of hydrogen-bond donors (Lipinski definition) is 1. The van der Waals surface area contributed by atoms with Crippen LogP contribution in [0.1, 0.15) is 16.5 Å². The van der Waals surface area contributed by atoms with Gasteiger partial charge in [-0.3, -0.25) is 4.79 Å². The van der Waals surface area contributed by atoms with Gasteiger partial charge >= 0.3 is 6.03 Å². The van der Waals surface area contributed by atoms with Crippen molar-refractivity contribution in [3.63, 3.8) is 0 Å². The second-order valence-electron chi connectivity index (χ2n) is 5.64. The minimum absolute atomic E-state index is 0.0488. The summed E-state index contributed by atoms with van der Waals surface area (Å²) in [6, 6.07) is 9.22. The summed E-state index contributed by atoms with van der Waals surface area (Å²) in [5, 5.41) is 10.7. The highest BCUT2D eigenvalue weighted by Gasteiger charge is 2.33. The molecule has 0 aliphatic carbocycles. The van der Waals surface area contributed by atoms with Crippen LogP contribution in [0.2, 0.25) is 0 Å². The number of urea groups is 1. The number of amides is 3. The van der Waals surface area contributed by atoms with E-state index < -0.39 is 0 Å². The quantitative estimate of drug-likeness (QED) is 0.918. The van der Waals surface area contributed by atoms with Crippen molar-refractivity contribution in [2.75, 3.05) is 32.5 Å². The van der Waals surface area contributed by atoms with Gasteiger partial charge in [-0.2, -0.15) is 0 Å². The molecule has 1 N–H and O–H groups in total. The number of hydrogen-bond acceptors (Lipinski definition) is 4. The van der Waals surface area contributed by atoms with Crippen LogP contribution in [0.3, 0.4) is 0 Å². The van der Waals surface area contributed by atoms with Crippen molar-refractivity contribution in [2.45, 2.75) is 6.04 Å². The van der Waals surface area contributed by atoms with E-state index in [0.29, 0.717) is 18.8 Å². The average molecular weight is 314 g/mol. The first kappa shape index (κ1) is 15.0. The summed E-state index contributed by atoms with van der Waals surface area (Å²) in [6.07, 6.45) is 1.62. The fourth-order valence-corrected chi connectivity index (χ4v) is 2.29. The Bertz CT molecular complexity index is 706. The van der Waals surface area contributed by atoms with E-state index in [1.165, 1.54) is 4.90 Å². The number of aromatic nitrogens is 3. The Labute approximate surface area is 133 Å². The third kappa shape index (κ3) is 3.15. The van der Waals surface area contributed by atoms with Crippen LogP contribution in [0, 0.1) is 0 Å². The zero-order valence-electron chi connectivity index (χ0n) is 13.0. The number of anilines is 1. The number of carbonyl (C=O) groups excluding carboxylic acids is 2. The van der Waals surface area contributed by atoms with Crippen LogP contribution < -0.4 is 5.32 Å². The predicted octanol–water partition coefficient (Wildman–Crippen LogP) is 1.07. The molecule has 1 saturated heterocycles. The van der Waals surface area contributed by atoms with Crippen molar-refractivity contribution < 1.29 is 9.59 Å². The summed E-state index contributed by atoms with van der Waals surface area (Å²) in [6.45, 7) is 1.08. The molecule has 3 amide bonds. The lowest BCUT2D eigenvalue weighted by Crippen LogP contribution is -2.52. The van der Waals surface area contributed by atoms with Crippen molar-refractivity contribution in [3.05, 3.63) is 42.2 Å². The molecule has 0 saturated carbocycles. The number of rotatable bonds is 3. The Morgan fingerprint density at radius 3 is 2.57 bits per heavy atom. The van der Waals surface area contributed by atoms with Crippen LogP contribution >= 0.6 is 0 Å². The summed E-state index contributed by atoms with van der Waals surface area (Å²) in [7, 11) is 3.33. The minimum atomic E-state index is -0.186. The minimum Gasteiger partial charge on any atom is -0.343 e. The first-order chi connectivity index (χ1) is 11.0.